The van der Waals surface area contributed by atoms with Gasteiger partial charge in [-0.05, 0) is 45.4 Å². The van der Waals surface area contributed by atoms with Crippen LogP contribution in [0.2, 0.25) is 0 Å². The van der Waals surface area contributed by atoms with E-state index in [2.05, 4.69) is 11.9 Å². The number of nitrogens with two attached hydrogens (primary N) is 1. The van der Waals surface area contributed by atoms with Gasteiger partial charge in [-0.15, -0.1) is 11.3 Å². The molecular weight excluding hydrogens is 268 g/mol. The fraction of sp³-hybridized carbons (Fsp3) is 0.438. The molecule has 0 saturated heterocycles. The maximum atomic E-state index is 6.30. The zero-order valence-electron chi connectivity index (χ0n) is 12.5. The Morgan fingerprint density at radius 1 is 1.30 bits per heavy atom. The van der Waals surface area contributed by atoms with Gasteiger partial charge in [-0.2, -0.15) is 0 Å². The van der Waals surface area contributed by atoms with E-state index in [4.69, 9.17) is 10.5 Å². The Morgan fingerprint density at radius 2 is 2.05 bits per heavy atom. The molecule has 2 N–H and O–H groups in total. The Balaban J connectivity index is 2.10. The van der Waals surface area contributed by atoms with E-state index in [0.29, 0.717) is 0 Å². The first-order valence-corrected chi connectivity index (χ1v) is 7.72. The summed E-state index contributed by atoms with van der Waals surface area (Å²) < 4.78 is 5.71. The molecule has 3 nitrogen and oxygen atoms in total. The zero-order valence-corrected chi connectivity index (χ0v) is 13.3. The quantitative estimate of drug-likeness (QED) is 0.911. The van der Waals surface area contributed by atoms with Gasteiger partial charge in [-0.25, -0.2) is 4.98 Å². The number of hydrogen-bond acceptors (Lipinski definition) is 4. The Kier molecular flexibility index (Phi) is 4.78. The molecule has 20 heavy (non-hydrogen) atoms. The van der Waals surface area contributed by atoms with Gasteiger partial charge in [-0.1, -0.05) is 12.1 Å². The molecule has 0 fully saturated rings. The summed E-state index contributed by atoms with van der Waals surface area (Å²) in [5.41, 5.74) is 8.49. The number of hydrogen-bond donors (Lipinski definition) is 1. The van der Waals surface area contributed by atoms with Crippen LogP contribution in [0.5, 0.6) is 5.75 Å². The summed E-state index contributed by atoms with van der Waals surface area (Å²) >= 11 is 1.73. The van der Waals surface area contributed by atoms with E-state index in [1.807, 2.05) is 45.0 Å². The molecule has 0 bridgehead atoms. The summed E-state index contributed by atoms with van der Waals surface area (Å²) in [7, 11) is 0. The van der Waals surface area contributed by atoms with Crippen LogP contribution in [0.1, 0.15) is 41.0 Å². The van der Waals surface area contributed by atoms with E-state index in [1.165, 1.54) is 4.88 Å². The first-order valence-electron chi connectivity index (χ1n) is 6.91. The lowest BCUT2D eigenvalue weighted by atomic mass is 10.0. The van der Waals surface area contributed by atoms with E-state index >= 15 is 0 Å². The molecule has 2 aromatic rings. The van der Waals surface area contributed by atoms with Gasteiger partial charge in [0.1, 0.15) is 5.75 Å². The summed E-state index contributed by atoms with van der Waals surface area (Å²) in [5, 5.41) is 1.10. The normalized spacial score (nSPS) is 12.7. The van der Waals surface area contributed by atoms with Crippen molar-refractivity contribution in [2.24, 2.45) is 5.73 Å². The summed E-state index contributed by atoms with van der Waals surface area (Å²) in [6.07, 6.45) is 0.940. The van der Waals surface area contributed by atoms with Crippen LogP contribution in [-0.4, -0.2) is 11.1 Å². The third kappa shape index (κ3) is 3.81. The minimum absolute atomic E-state index is 0.0457. The lowest BCUT2D eigenvalue weighted by Gasteiger charge is -2.14. The molecule has 0 spiro atoms. The number of nitrogens with zero attached hydrogens (tertiary/aromatic N) is 1. The standard InChI is InChI=1S/C16H22N2OS/c1-10(2)19-14-7-5-6-13(8-14)15(17)9-16-18-11(3)12(4)20-16/h5-8,10,15H,9,17H2,1-4H3. The molecule has 0 amide bonds. The Hall–Kier alpha value is -1.39. The second-order valence-corrected chi connectivity index (χ2v) is 6.59. The number of thiazole rings is 1. The lowest BCUT2D eigenvalue weighted by molar-refractivity contribution is 0.242. The van der Waals surface area contributed by atoms with Gasteiger partial charge in [0, 0.05) is 17.3 Å². The van der Waals surface area contributed by atoms with Crippen LogP contribution in [0.4, 0.5) is 0 Å². The molecule has 1 atom stereocenters. The molecule has 0 saturated carbocycles. The number of aromatic nitrogens is 1. The number of aryl methyl sites for hydroxylation is 2. The van der Waals surface area contributed by atoms with Crippen molar-refractivity contribution in [3.8, 4) is 5.75 Å². The van der Waals surface area contributed by atoms with E-state index in [9.17, 15) is 0 Å². The molecule has 0 aliphatic carbocycles. The fourth-order valence-corrected chi connectivity index (χ4v) is 3.02. The molecule has 0 aliphatic heterocycles. The van der Waals surface area contributed by atoms with Gasteiger partial charge < -0.3 is 10.5 Å². The van der Waals surface area contributed by atoms with Crippen molar-refractivity contribution in [2.45, 2.75) is 46.3 Å². The highest BCUT2D eigenvalue weighted by Crippen LogP contribution is 2.24. The minimum atomic E-state index is -0.0457. The fourth-order valence-electron chi connectivity index (χ4n) is 2.02. The Morgan fingerprint density at radius 3 is 2.65 bits per heavy atom. The summed E-state index contributed by atoms with van der Waals surface area (Å²) in [6, 6.07) is 7.98. The predicted molar refractivity (Wildman–Crippen MR) is 84.4 cm³/mol. The van der Waals surface area contributed by atoms with Crippen LogP contribution < -0.4 is 10.5 Å². The van der Waals surface area contributed by atoms with Crippen LogP contribution in [-0.2, 0) is 6.42 Å². The Bertz CT molecular complexity index is 558. The SMILES string of the molecule is Cc1nc(CC(N)c2cccc(OC(C)C)c2)sc1C. The van der Waals surface area contributed by atoms with Crippen LogP contribution in [0.25, 0.3) is 0 Å². The smallest absolute Gasteiger partial charge is 0.120 e. The average molecular weight is 290 g/mol. The van der Waals surface area contributed by atoms with E-state index < -0.39 is 0 Å². The third-order valence-corrected chi connectivity index (χ3v) is 4.22. The average Bonchev–Trinajstić information content (AvgIpc) is 2.67. The van der Waals surface area contributed by atoms with Crippen molar-refractivity contribution < 1.29 is 4.74 Å². The van der Waals surface area contributed by atoms with Crippen molar-refractivity contribution in [1.29, 1.82) is 0 Å². The molecule has 2 rings (SSSR count). The maximum Gasteiger partial charge on any atom is 0.120 e. The number of rotatable bonds is 5. The van der Waals surface area contributed by atoms with Gasteiger partial charge in [-0.3, -0.25) is 0 Å². The van der Waals surface area contributed by atoms with Crippen molar-refractivity contribution in [1.82, 2.24) is 4.98 Å². The van der Waals surface area contributed by atoms with Gasteiger partial charge in [0.15, 0.2) is 0 Å². The highest BCUT2D eigenvalue weighted by Gasteiger charge is 2.12. The van der Waals surface area contributed by atoms with E-state index in [0.717, 1.165) is 28.4 Å². The molecular formula is C16H22N2OS. The molecule has 0 aliphatic rings. The monoisotopic (exact) mass is 290 g/mol. The first-order chi connectivity index (χ1) is 9.45. The zero-order chi connectivity index (χ0) is 14.7. The predicted octanol–water partition coefficient (Wildman–Crippen LogP) is 3.79. The summed E-state index contributed by atoms with van der Waals surface area (Å²) in [6.45, 7) is 8.18. The lowest BCUT2D eigenvalue weighted by Crippen LogP contribution is -2.14. The molecule has 1 aromatic carbocycles. The third-order valence-electron chi connectivity index (χ3n) is 3.13. The van der Waals surface area contributed by atoms with Gasteiger partial charge >= 0.3 is 0 Å². The van der Waals surface area contributed by atoms with Crippen LogP contribution >= 0.6 is 11.3 Å². The van der Waals surface area contributed by atoms with Gasteiger partial charge in [0.2, 0.25) is 0 Å². The molecule has 0 radical (unpaired) electrons. The maximum absolute atomic E-state index is 6.30. The molecule has 1 heterocycles. The van der Waals surface area contributed by atoms with Crippen molar-refractivity contribution in [3.05, 3.63) is 45.4 Å². The topological polar surface area (TPSA) is 48.1 Å². The molecule has 108 valence electrons. The van der Waals surface area contributed by atoms with Crippen molar-refractivity contribution in [3.63, 3.8) is 0 Å². The van der Waals surface area contributed by atoms with Crippen LogP contribution in [0.3, 0.4) is 0 Å². The highest BCUT2D eigenvalue weighted by molar-refractivity contribution is 7.11. The Labute approximate surface area is 124 Å². The largest absolute Gasteiger partial charge is 0.491 e. The van der Waals surface area contributed by atoms with Gasteiger partial charge in [0.25, 0.3) is 0 Å². The summed E-state index contributed by atoms with van der Waals surface area (Å²) in [4.78, 5) is 5.82. The van der Waals surface area contributed by atoms with E-state index in [1.54, 1.807) is 11.3 Å². The van der Waals surface area contributed by atoms with Gasteiger partial charge in [0.05, 0.1) is 16.8 Å². The van der Waals surface area contributed by atoms with E-state index in [-0.39, 0.29) is 12.1 Å². The molecule has 1 aromatic heterocycles. The molecule has 4 heteroatoms. The molecule has 1 unspecified atom stereocenters. The number of benzene rings is 1. The number of ether oxygens (including phenoxy) is 1. The second-order valence-electron chi connectivity index (χ2n) is 5.30. The van der Waals surface area contributed by atoms with Crippen molar-refractivity contribution >= 4 is 11.3 Å². The van der Waals surface area contributed by atoms with Crippen LogP contribution in [0.15, 0.2) is 24.3 Å². The minimum Gasteiger partial charge on any atom is -0.491 e. The van der Waals surface area contributed by atoms with Crippen molar-refractivity contribution in [2.75, 3.05) is 0 Å². The van der Waals surface area contributed by atoms with Crippen LogP contribution in [0, 0.1) is 13.8 Å². The second kappa shape index (κ2) is 6.37. The summed E-state index contributed by atoms with van der Waals surface area (Å²) in [5.74, 6) is 0.874. The highest BCUT2D eigenvalue weighted by atomic mass is 32.1. The first kappa shape index (κ1) is 15.0.